The van der Waals surface area contributed by atoms with Crippen LogP contribution in [0.3, 0.4) is 0 Å². The Labute approximate surface area is 207 Å². The first-order chi connectivity index (χ1) is 17.0. The van der Waals surface area contributed by atoms with Gasteiger partial charge in [-0.25, -0.2) is 18.7 Å². The third-order valence-corrected chi connectivity index (χ3v) is 9.01. The second kappa shape index (κ2) is 7.21. The number of nitrogens with zero attached hydrogens (tertiary/aromatic N) is 4. The van der Waals surface area contributed by atoms with Gasteiger partial charge in [-0.3, -0.25) is 0 Å². The zero-order valence-corrected chi connectivity index (χ0v) is 19.7. The summed E-state index contributed by atoms with van der Waals surface area (Å²) >= 11 is 7.64. The Morgan fingerprint density at radius 2 is 2.17 bits per heavy atom. The van der Waals surface area contributed by atoms with Gasteiger partial charge in [0.1, 0.15) is 34.5 Å². The summed E-state index contributed by atoms with van der Waals surface area (Å²) in [6, 6.07) is 6.66. The highest BCUT2D eigenvalue weighted by Gasteiger charge is 2.66. The monoisotopic (exact) mass is 510 g/mol. The summed E-state index contributed by atoms with van der Waals surface area (Å²) in [6.07, 6.45) is 1.35. The van der Waals surface area contributed by atoms with Crippen molar-refractivity contribution in [2.45, 2.75) is 12.1 Å². The molecule has 0 aliphatic carbocycles. The minimum Gasteiger partial charge on any atom is -0.389 e. The fourth-order valence-corrected chi connectivity index (χ4v) is 7.36. The number of aromatic nitrogens is 2. The summed E-state index contributed by atoms with van der Waals surface area (Å²) in [5, 5.41) is 14.1. The number of nitrogen functional groups attached to an aromatic ring is 1. The normalized spacial score (nSPS) is 25.0. The molecule has 0 bridgehead atoms. The number of ether oxygens (including phenoxy) is 1. The van der Waals surface area contributed by atoms with Crippen LogP contribution in [-0.4, -0.2) is 48.4 Å². The van der Waals surface area contributed by atoms with Crippen molar-refractivity contribution in [2.75, 3.05) is 36.9 Å². The Balaban J connectivity index is 1.45. The number of hydrogen-bond donors (Lipinski definition) is 2. The molecule has 7 nitrogen and oxygen atoms in total. The van der Waals surface area contributed by atoms with Gasteiger partial charge in [-0.15, -0.1) is 11.3 Å². The fraction of sp³-hybridized carbons (Fsp3) is 0.292. The average Bonchev–Trinajstić information content (AvgIpc) is 3.50. The summed E-state index contributed by atoms with van der Waals surface area (Å²) in [5.41, 5.74) is 6.57. The smallest absolute Gasteiger partial charge is 0.158 e. The van der Waals surface area contributed by atoms with E-state index in [0.29, 0.717) is 30.0 Å². The van der Waals surface area contributed by atoms with Gasteiger partial charge in [-0.1, -0.05) is 17.7 Å². The first kappa shape index (κ1) is 21.2. The van der Waals surface area contributed by atoms with Crippen molar-refractivity contribution >= 4 is 54.7 Å². The van der Waals surface area contributed by atoms with Crippen molar-refractivity contribution in [3.8, 4) is 17.2 Å². The lowest BCUT2D eigenvalue weighted by Gasteiger charge is -2.56. The van der Waals surface area contributed by atoms with Crippen LogP contribution in [0.25, 0.3) is 32.1 Å². The van der Waals surface area contributed by atoms with Gasteiger partial charge in [0.25, 0.3) is 0 Å². The van der Waals surface area contributed by atoms with Crippen LogP contribution in [0.5, 0.6) is 0 Å². The van der Waals surface area contributed by atoms with Crippen LogP contribution in [0.2, 0.25) is 5.02 Å². The van der Waals surface area contributed by atoms with Crippen LogP contribution in [0.4, 0.5) is 19.6 Å². The largest absolute Gasteiger partial charge is 0.389 e. The first-order valence-electron chi connectivity index (χ1n) is 11.1. The number of anilines is 2. The Kier molecular flexibility index (Phi) is 4.37. The molecule has 3 N–H and O–H groups in total. The van der Waals surface area contributed by atoms with E-state index in [1.165, 1.54) is 18.5 Å². The van der Waals surface area contributed by atoms with Crippen molar-refractivity contribution in [3.63, 3.8) is 0 Å². The van der Waals surface area contributed by atoms with Gasteiger partial charge in [0, 0.05) is 29.4 Å². The molecule has 11 heteroatoms. The molecule has 3 fully saturated rings. The van der Waals surface area contributed by atoms with Crippen molar-refractivity contribution in [2.24, 2.45) is 5.41 Å². The van der Waals surface area contributed by atoms with Crippen molar-refractivity contribution < 1.29 is 13.5 Å². The van der Waals surface area contributed by atoms with Crippen LogP contribution < -0.4 is 16.0 Å². The summed E-state index contributed by atoms with van der Waals surface area (Å²) < 4.78 is 36.7. The Hall–Kier alpha value is -3.10. The molecule has 0 radical (unpaired) electrons. The van der Waals surface area contributed by atoms with E-state index >= 15 is 4.39 Å². The number of hydrogen-bond acceptors (Lipinski definition) is 8. The standard InChI is InChI=1S/C24H17ClF2N6OS/c25-13-3-11-20(31-9-32-23(11)33-15-5-30-7-24(15)8-34-6-16(24)33)19(27)18(13)10-1-2-14(26)21-17(10)12(4-28)22(29)35-21/h1-3,9,15-16,30H,5-8,29H2. The number of thiophene rings is 1. The molecule has 0 amide bonds. The second-order valence-corrected chi connectivity index (χ2v) is 10.7. The molecule has 0 saturated carbocycles. The molecule has 176 valence electrons. The summed E-state index contributed by atoms with van der Waals surface area (Å²) in [5.74, 6) is -0.574. The van der Waals surface area contributed by atoms with Crippen molar-refractivity contribution in [1.29, 1.82) is 5.26 Å². The number of nitriles is 1. The Morgan fingerprint density at radius 1 is 1.31 bits per heavy atom. The number of rotatable bonds is 2. The lowest BCUT2D eigenvalue weighted by Crippen LogP contribution is -2.71. The van der Waals surface area contributed by atoms with E-state index in [1.54, 1.807) is 6.07 Å². The van der Waals surface area contributed by atoms with E-state index in [9.17, 15) is 9.65 Å². The van der Waals surface area contributed by atoms with E-state index in [2.05, 4.69) is 20.2 Å². The molecule has 7 rings (SSSR count). The molecule has 3 atom stereocenters. The van der Waals surface area contributed by atoms with Crippen LogP contribution >= 0.6 is 22.9 Å². The predicted octanol–water partition coefficient (Wildman–Crippen LogP) is 4.07. The van der Waals surface area contributed by atoms with Gasteiger partial charge in [0.2, 0.25) is 0 Å². The van der Waals surface area contributed by atoms with Crippen LogP contribution in [-0.2, 0) is 4.74 Å². The Morgan fingerprint density at radius 3 is 3.00 bits per heavy atom. The maximum atomic E-state index is 16.2. The topological polar surface area (TPSA) is 100 Å². The third kappa shape index (κ3) is 2.59. The maximum Gasteiger partial charge on any atom is 0.158 e. The zero-order valence-electron chi connectivity index (χ0n) is 18.1. The molecule has 3 aliphatic heterocycles. The highest BCUT2D eigenvalue weighted by atomic mass is 35.5. The molecule has 1 spiro atoms. The molecular weight excluding hydrogens is 494 g/mol. The van der Waals surface area contributed by atoms with E-state index in [0.717, 1.165) is 24.4 Å². The number of nitrogens with two attached hydrogens (primary N) is 1. The van der Waals surface area contributed by atoms with E-state index in [-0.39, 0.29) is 54.3 Å². The van der Waals surface area contributed by atoms with Gasteiger partial charge >= 0.3 is 0 Å². The predicted molar refractivity (Wildman–Crippen MR) is 131 cm³/mol. The van der Waals surface area contributed by atoms with E-state index in [1.807, 2.05) is 6.07 Å². The number of benzene rings is 2. The lowest BCUT2D eigenvalue weighted by molar-refractivity contribution is 0.125. The van der Waals surface area contributed by atoms with Crippen LogP contribution in [0.15, 0.2) is 24.5 Å². The highest BCUT2D eigenvalue weighted by Crippen LogP contribution is 2.53. The minimum atomic E-state index is -0.656. The first-order valence-corrected chi connectivity index (χ1v) is 12.3. The van der Waals surface area contributed by atoms with Crippen molar-refractivity contribution in [3.05, 3.63) is 46.7 Å². The SMILES string of the molecule is N#Cc1c(N)sc2c(F)ccc(-c3c(Cl)cc4c(N5C6CNCC67COCC57)ncnc4c3F)c12. The van der Waals surface area contributed by atoms with Gasteiger partial charge in [0.05, 0.1) is 46.0 Å². The maximum absolute atomic E-state index is 16.2. The van der Waals surface area contributed by atoms with Crippen LogP contribution in [0.1, 0.15) is 5.56 Å². The number of halogens is 3. The van der Waals surface area contributed by atoms with Crippen LogP contribution in [0, 0.1) is 28.4 Å². The lowest BCUT2D eigenvalue weighted by atomic mass is 9.68. The van der Waals surface area contributed by atoms with E-state index < -0.39 is 11.6 Å². The molecule has 5 heterocycles. The second-order valence-electron chi connectivity index (χ2n) is 9.21. The quantitative estimate of drug-likeness (QED) is 0.419. The highest BCUT2D eigenvalue weighted by molar-refractivity contribution is 7.23. The number of fused-ring (bicyclic) bond motifs is 2. The molecule has 3 unspecified atom stereocenters. The fourth-order valence-electron chi connectivity index (χ4n) is 6.11. The molecule has 4 aromatic rings. The Bertz CT molecular complexity index is 1600. The molecule has 2 aromatic heterocycles. The third-order valence-electron chi connectivity index (χ3n) is 7.68. The summed E-state index contributed by atoms with van der Waals surface area (Å²) in [6.45, 7) is 2.96. The molecule has 2 aromatic carbocycles. The summed E-state index contributed by atoms with van der Waals surface area (Å²) in [4.78, 5) is 11.0. The molecule has 3 aliphatic rings. The molecular formula is C24H17ClF2N6OS. The zero-order chi connectivity index (χ0) is 24.1. The van der Waals surface area contributed by atoms with Gasteiger partial charge in [0.15, 0.2) is 5.82 Å². The summed E-state index contributed by atoms with van der Waals surface area (Å²) in [7, 11) is 0. The van der Waals surface area contributed by atoms with Gasteiger partial charge in [-0.2, -0.15) is 5.26 Å². The van der Waals surface area contributed by atoms with Gasteiger partial charge in [-0.05, 0) is 17.7 Å². The molecule has 3 saturated heterocycles. The number of nitrogens with one attached hydrogen (secondary N) is 1. The molecule has 35 heavy (non-hydrogen) atoms. The van der Waals surface area contributed by atoms with E-state index in [4.69, 9.17) is 22.1 Å². The minimum absolute atomic E-state index is 0.0475. The van der Waals surface area contributed by atoms with Crippen molar-refractivity contribution in [1.82, 2.24) is 15.3 Å². The average molecular weight is 511 g/mol. The van der Waals surface area contributed by atoms with Gasteiger partial charge < -0.3 is 20.7 Å².